The van der Waals surface area contributed by atoms with Crippen LogP contribution in [0.15, 0.2) is 0 Å². The van der Waals surface area contributed by atoms with Crippen LogP contribution in [-0.4, -0.2) is 41.2 Å². The van der Waals surface area contributed by atoms with E-state index in [1.165, 1.54) is 0 Å². The number of aliphatic hydroxyl groups excluding tert-OH is 1. The molecule has 0 aromatic heterocycles. The second-order valence-electron chi connectivity index (χ2n) is 4.29. The molecule has 2 bridgehead atoms. The standard InChI is InChI=1S/C10H20NO4P/c1-3-14-16(13,15-4-2)11-8-5-6-9(11)10(12)7-8/h8-10,12H,3-7H2,1-2H3/t8-,9+,10+/m0/s1. The molecule has 6 heteroatoms. The molecule has 0 spiro atoms. The fourth-order valence-corrected chi connectivity index (χ4v) is 5.04. The predicted molar refractivity (Wildman–Crippen MR) is 60.1 cm³/mol. The molecule has 16 heavy (non-hydrogen) atoms. The van der Waals surface area contributed by atoms with Crippen molar-refractivity contribution in [3.05, 3.63) is 0 Å². The minimum Gasteiger partial charge on any atom is -0.391 e. The second kappa shape index (κ2) is 4.75. The van der Waals surface area contributed by atoms with Gasteiger partial charge in [-0.15, -0.1) is 0 Å². The molecule has 5 nitrogen and oxygen atoms in total. The van der Waals surface area contributed by atoms with E-state index in [2.05, 4.69) is 0 Å². The summed E-state index contributed by atoms with van der Waals surface area (Å²) in [5.74, 6) is 0. The summed E-state index contributed by atoms with van der Waals surface area (Å²) >= 11 is 0. The maximum absolute atomic E-state index is 12.6. The first-order valence-electron chi connectivity index (χ1n) is 5.98. The van der Waals surface area contributed by atoms with Gasteiger partial charge in [-0.05, 0) is 33.1 Å². The lowest BCUT2D eigenvalue weighted by Crippen LogP contribution is -2.31. The smallest absolute Gasteiger partial charge is 0.391 e. The zero-order valence-electron chi connectivity index (χ0n) is 9.83. The van der Waals surface area contributed by atoms with E-state index in [4.69, 9.17) is 9.05 Å². The van der Waals surface area contributed by atoms with Crippen molar-refractivity contribution in [2.45, 2.75) is 51.3 Å². The molecule has 1 N–H and O–H groups in total. The van der Waals surface area contributed by atoms with E-state index in [-0.39, 0.29) is 18.2 Å². The Kier molecular flexibility index (Phi) is 3.72. The Morgan fingerprint density at radius 2 is 1.94 bits per heavy atom. The number of fused-ring (bicyclic) bond motifs is 2. The Morgan fingerprint density at radius 1 is 1.31 bits per heavy atom. The van der Waals surface area contributed by atoms with Gasteiger partial charge in [-0.1, -0.05) is 0 Å². The predicted octanol–water partition coefficient (Wildman–Crippen LogP) is 1.77. The van der Waals surface area contributed by atoms with Crippen molar-refractivity contribution in [1.29, 1.82) is 0 Å². The molecular formula is C10H20NO4P. The first kappa shape index (κ1) is 12.5. The van der Waals surface area contributed by atoms with Crippen LogP contribution >= 0.6 is 7.75 Å². The van der Waals surface area contributed by atoms with Crippen LogP contribution in [0.4, 0.5) is 0 Å². The number of rotatable bonds is 5. The topological polar surface area (TPSA) is 59.0 Å². The summed E-state index contributed by atoms with van der Waals surface area (Å²) in [6, 6.07) is 0.109. The maximum atomic E-state index is 12.6. The van der Waals surface area contributed by atoms with Gasteiger partial charge < -0.3 is 5.11 Å². The molecule has 3 atom stereocenters. The summed E-state index contributed by atoms with van der Waals surface area (Å²) < 4.78 is 25.1. The van der Waals surface area contributed by atoms with Crippen LogP contribution < -0.4 is 0 Å². The van der Waals surface area contributed by atoms with Gasteiger partial charge in [0.05, 0.1) is 19.3 Å². The lowest BCUT2D eigenvalue weighted by Gasteiger charge is -2.29. The van der Waals surface area contributed by atoms with Crippen molar-refractivity contribution in [2.24, 2.45) is 0 Å². The molecule has 2 fully saturated rings. The molecule has 0 radical (unpaired) electrons. The first-order chi connectivity index (χ1) is 7.62. The van der Waals surface area contributed by atoms with Crippen LogP contribution in [0.3, 0.4) is 0 Å². The number of nitrogens with zero attached hydrogens (tertiary/aromatic N) is 1. The van der Waals surface area contributed by atoms with E-state index >= 15 is 0 Å². The Balaban J connectivity index is 2.18. The summed E-state index contributed by atoms with van der Waals surface area (Å²) in [4.78, 5) is 0. The van der Waals surface area contributed by atoms with Crippen LogP contribution in [-0.2, 0) is 13.6 Å². The van der Waals surface area contributed by atoms with Crippen LogP contribution in [0.2, 0.25) is 0 Å². The van der Waals surface area contributed by atoms with Gasteiger partial charge in [0.2, 0.25) is 0 Å². The summed E-state index contributed by atoms with van der Waals surface area (Å²) in [7, 11) is -3.18. The maximum Gasteiger partial charge on any atom is 0.408 e. The lowest BCUT2D eigenvalue weighted by atomic mass is 9.98. The zero-order valence-corrected chi connectivity index (χ0v) is 10.7. The summed E-state index contributed by atoms with van der Waals surface area (Å²) in [6.45, 7) is 4.34. The molecule has 2 rings (SSSR count). The molecule has 2 heterocycles. The second-order valence-corrected chi connectivity index (χ2v) is 6.20. The van der Waals surface area contributed by atoms with Gasteiger partial charge in [0.1, 0.15) is 0 Å². The number of hydrogen-bond donors (Lipinski definition) is 1. The molecule has 2 aliphatic heterocycles. The van der Waals surface area contributed by atoms with Crippen LogP contribution in [0.5, 0.6) is 0 Å². The van der Waals surface area contributed by atoms with Crippen molar-refractivity contribution in [3.63, 3.8) is 0 Å². The third-order valence-electron chi connectivity index (χ3n) is 3.33. The minimum atomic E-state index is -3.18. The van der Waals surface area contributed by atoms with Crippen molar-refractivity contribution in [1.82, 2.24) is 4.67 Å². The molecule has 0 saturated carbocycles. The van der Waals surface area contributed by atoms with Gasteiger partial charge in [0, 0.05) is 12.1 Å². The summed E-state index contributed by atoms with van der Waals surface area (Å²) in [6.07, 6.45) is 2.17. The van der Waals surface area contributed by atoms with Crippen molar-refractivity contribution >= 4 is 7.75 Å². The van der Waals surface area contributed by atoms with E-state index < -0.39 is 7.75 Å². The van der Waals surface area contributed by atoms with Gasteiger partial charge in [0.15, 0.2) is 0 Å². The average molecular weight is 249 g/mol. The Labute approximate surface area is 96.3 Å². The highest BCUT2D eigenvalue weighted by Crippen LogP contribution is 2.60. The van der Waals surface area contributed by atoms with Crippen molar-refractivity contribution in [2.75, 3.05) is 13.2 Å². The number of hydrogen-bond acceptors (Lipinski definition) is 4. The first-order valence-corrected chi connectivity index (χ1v) is 7.48. The highest BCUT2D eigenvalue weighted by molar-refractivity contribution is 7.51. The van der Waals surface area contributed by atoms with Crippen molar-refractivity contribution < 1.29 is 18.7 Å². The summed E-state index contributed by atoms with van der Waals surface area (Å²) in [5, 5.41) is 9.82. The normalized spacial score (nSPS) is 34.8. The van der Waals surface area contributed by atoms with Crippen LogP contribution in [0, 0.1) is 0 Å². The van der Waals surface area contributed by atoms with Crippen LogP contribution in [0.25, 0.3) is 0 Å². The molecule has 2 aliphatic rings. The van der Waals surface area contributed by atoms with Crippen LogP contribution in [0.1, 0.15) is 33.1 Å². The Hall–Kier alpha value is 0.0700. The molecule has 0 aromatic carbocycles. The molecule has 94 valence electrons. The Bertz CT molecular complexity index is 289. The number of aliphatic hydroxyl groups is 1. The largest absolute Gasteiger partial charge is 0.408 e. The molecule has 0 aliphatic carbocycles. The fraction of sp³-hybridized carbons (Fsp3) is 1.00. The molecule has 0 unspecified atom stereocenters. The molecule has 0 amide bonds. The minimum absolute atomic E-state index is 0.0473. The van der Waals surface area contributed by atoms with E-state index in [1.54, 1.807) is 18.5 Å². The van der Waals surface area contributed by atoms with Gasteiger partial charge in [-0.25, -0.2) is 4.57 Å². The highest BCUT2D eigenvalue weighted by atomic mass is 31.2. The van der Waals surface area contributed by atoms with E-state index in [0.29, 0.717) is 19.6 Å². The fourth-order valence-electron chi connectivity index (χ4n) is 2.81. The zero-order chi connectivity index (χ0) is 11.8. The average Bonchev–Trinajstić information content (AvgIpc) is 2.75. The molecule has 2 saturated heterocycles. The quantitative estimate of drug-likeness (QED) is 0.752. The third kappa shape index (κ3) is 1.95. The monoisotopic (exact) mass is 249 g/mol. The van der Waals surface area contributed by atoms with Gasteiger partial charge in [-0.3, -0.25) is 9.05 Å². The Morgan fingerprint density at radius 3 is 2.31 bits per heavy atom. The molecular weight excluding hydrogens is 229 g/mol. The summed E-state index contributed by atoms with van der Waals surface area (Å²) in [5.41, 5.74) is 0. The van der Waals surface area contributed by atoms with Gasteiger partial charge in [0.25, 0.3) is 0 Å². The van der Waals surface area contributed by atoms with E-state index in [9.17, 15) is 9.67 Å². The van der Waals surface area contributed by atoms with E-state index in [0.717, 1.165) is 12.8 Å². The lowest BCUT2D eigenvalue weighted by molar-refractivity contribution is 0.119. The van der Waals surface area contributed by atoms with Gasteiger partial charge in [-0.2, -0.15) is 4.67 Å². The van der Waals surface area contributed by atoms with Crippen molar-refractivity contribution in [3.8, 4) is 0 Å². The third-order valence-corrected chi connectivity index (χ3v) is 5.69. The SMILES string of the molecule is CCOP(=O)(OCC)N1[C@H]2CC[C@@H]1[C@H](O)C2. The highest BCUT2D eigenvalue weighted by Gasteiger charge is 2.54. The molecule has 0 aromatic rings. The van der Waals surface area contributed by atoms with E-state index in [1.807, 2.05) is 0 Å². The van der Waals surface area contributed by atoms with Gasteiger partial charge >= 0.3 is 7.75 Å².